The molecule has 1 aromatic carbocycles. The molecule has 5 nitrogen and oxygen atoms in total. The number of rotatable bonds is 4. The summed E-state index contributed by atoms with van der Waals surface area (Å²) in [7, 11) is 0. The summed E-state index contributed by atoms with van der Waals surface area (Å²) in [6, 6.07) is 7.69. The molecule has 2 aliphatic rings. The van der Waals surface area contributed by atoms with Gasteiger partial charge in [0.25, 0.3) is 5.91 Å². The van der Waals surface area contributed by atoms with Crippen LogP contribution in [-0.2, 0) is 4.74 Å². The van der Waals surface area contributed by atoms with Gasteiger partial charge in [0.05, 0.1) is 6.10 Å². The van der Waals surface area contributed by atoms with E-state index in [4.69, 9.17) is 9.47 Å². The van der Waals surface area contributed by atoms with Gasteiger partial charge in [-0.1, -0.05) is 6.07 Å². The van der Waals surface area contributed by atoms with Crippen molar-refractivity contribution in [2.45, 2.75) is 31.9 Å². The first kappa shape index (κ1) is 18.0. The number of carbonyl (C=O) groups excluding carboxylic acids is 1. The van der Waals surface area contributed by atoms with Crippen LogP contribution in [0.3, 0.4) is 0 Å². The van der Waals surface area contributed by atoms with Crippen LogP contribution in [0.1, 0.15) is 30.1 Å². The van der Waals surface area contributed by atoms with Crippen molar-refractivity contribution in [1.82, 2.24) is 10.2 Å². The third kappa shape index (κ3) is 4.59. The topological polar surface area (TPSA) is 50.8 Å². The third-order valence-corrected chi connectivity index (χ3v) is 4.30. The van der Waals surface area contributed by atoms with Crippen molar-refractivity contribution in [2.75, 3.05) is 32.8 Å². The second-order valence-corrected chi connectivity index (χ2v) is 6.03. The van der Waals surface area contributed by atoms with Gasteiger partial charge in [0.15, 0.2) is 0 Å². The van der Waals surface area contributed by atoms with Gasteiger partial charge in [-0.05, 0) is 38.0 Å². The standard InChI is InChI=1S/C17H24N2O3.ClH/c1-13-11-18-7-8-19(13)17(20)14-4-2-5-15(10-14)22-12-16-6-3-9-21-16;/h2,4-5,10,13,16,18H,3,6-9,11-12H2,1H3;1H/t13-,16?;/m1./s1. The number of nitrogens with one attached hydrogen (secondary N) is 1. The van der Waals surface area contributed by atoms with Crippen LogP contribution in [-0.4, -0.2) is 55.8 Å². The van der Waals surface area contributed by atoms with Crippen LogP contribution >= 0.6 is 12.4 Å². The lowest BCUT2D eigenvalue weighted by Crippen LogP contribution is -2.52. The molecule has 2 saturated heterocycles. The normalized spacial score (nSPS) is 24.1. The lowest BCUT2D eigenvalue weighted by molar-refractivity contribution is 0.0649. The Labute approximate surface area is 143 Å². The Bertz CT molecular complexity index is 520. The molecule has 0 aromatic heterocycles. The van der Waals surface area contributed by atoms with Gasteiger partial charge >= 0.3 is 0 Å². The number of nitrogens with zero attached hydrogens (tertiary/aromatic N) is 1. The summed E-state index contributed by atoms with van der Waals surface area (Å²) in [5.74, 6) is 0.820. The fraction of sp³-hybridized carbons (Fsp3) is 0.588. The zero-order valence-electron chi connectivity index (χ0n) is 13.5. The number of piperazine rings is 1. The van der Waals surface area contributed by atoms with Gasteiger partial charge in [0.2, 0.25) is 0 Å². The maximum Gasteiger partial charge on any atom is 0.254 e. The summed E-state index contributed by atoms with van der Waals surface area (Å²) in [4.78, 5) is 14.6. The number of hydrogen-bond acceptors (Lipinski definition) is 4. The molecule has 23 heavy (non-hydrogen) atoms. The van der Waals surface area contributed by atoms with Crippen LogP contribution in [0, 0.1) is 0 Å². The molecular formula is C17H25ClN2O3. The lowest BCUT2D eigenvalue weighted by Gasteiger charge is -2.34. The number of benzene rings is 1. The average molecular weight is 341 g/mol. The van der Waals surface area contributed by atoms with E-state index in [0.29, 0.717) is 12.2 Å². The molecule has 1 amide bonds. The largest absolute Gasteiger partial charge is 0.491 e. The van der Waals surface area contributed by atoms with Gasteiger partial charge in [0.1, 0.15) is 12.4 Å². The molecular weight excluding hydrogens is 316 g/mol. The molecule has 2 aliphatic heterocycles. The monoisotopic (exact) mass is 340 g/mol. The number of hydrogen-bond donors (Lipinski definition) is 1. The minimum atomic E-state index is 0. The van der Waals surface area contributed by atoms with E-state index in [0.717, 1.165) is 44.8 Å². The van der Waals surface area contributed by atoms with Crippen molar-refractivity contribution in [1.29, 1.82) is 0 Å². The zero-order valence-corrected chi connectivity index (χ0v) is 14.3. The van der Waals surface area contributed by atoms with Crippen molar-refractivity contribution in [3.8, 4) is 5.75 Å². The molecule has 2 atom stereocenters. The summed E-state index contributed by atoms with van der Waals surface area (Å²) in [5, 5.41) is 3.30. The third-order valence-electron chi connectivity index (χ3n) is 4.30. The molecule has 0 aliphatic carbocycles. The van der Waals surface area contributed by atoms with E-state index < -0.39 is 0 Å². The number of ether oxygens (including phenoxy) is 2. The van der Waals surface area contributed by atoms with Crippen LogP contribution in [0.25, 0.3) is 0 Å². The number of amides is 1. The van der Waals surface area contributed by atoms with Gasteiger partial charge < -0.3 is 19.7 Å². The highest BCUT2D eigenvalue weighted by atomic mass is 35.5. The molecule has 128 valence electrons. The molecule has 2 fully saturated rings. The Kier molecular flexibility index (Phi) is 6.69. The first-order valence-electron chi connectivity index (χ1n) is 8.10. The van der Waals surface area contributed by atoms with E-state index in [1.807, 2.05) is 29.2 Å². The fourth-order valence-electron chi connectivity index (χ4n) is 2.99. The molecule has 6 heteroatoms. The Morgan fingerprint density at radius 2 is 2.35 bits per heavy atom. The average Bonchev–Trinajstić information content (AvgIpc) is 3.06. The van der Waals surface area contributed by atoms with Gasteiger partial charge in [-0.25, -0.2) is 0 Å². The van der Waals surface area contributed by atoms with Crippen molar-refractivity contribution in [3.63, 3.8) is 0 Å². The highest BCUT2D eigenvalue weighted by Gasteiger charge is 2.24. The molecule has 1 N–H and O–H groups in total. The van der Waals surface area contributed by atoms with Crippen LogP contribution in [0.4, 0.5) is 0 Å². The SMILES string of the molecule is C[C@@H]1CNCCN1C(=O)c1cccc(OCC2CCCO2)c1.Cl. The molecule has 2 heterocycles. The van der Waals surface area contributed by atoms with E-state index in [2.05, 4.69) is 12.2 Å². The number of carbonyl (C=O) groups is 1. The van der Waals surface area contributed by atoms with Crippen molar-refractivity contribution in [2.24, 2.45) is 0 Å². The number of halogens is 1. The summed E-state index contributed by atoms with van der Waals surface area (Å²) in [6.07, 6.45) is 2.34. The van der Waals surface area contributed by atoms with E-state index >= 15 is 0 Å². The zero-order chi connectivity index (χ0) is 15.4. The molecule has 0 radical (unpaired) electrons. The second-order valence-electron chi connectivity index (χ2n) is 6.03. The Morgan fingerprint density at radius 3 is 3.09 bits per heavy atom. The highest BCUT2D eigenvalue weighted by molar-refractivity contribution is 5.94. The maximum atomic E-state index is 12.6. The molecule has 3 rings (SSSR count). The van der Waals surface area contributed by atoms with E-state index in [1.54, 1.807) is 0 Å². The predicted molar refractivity (Wildman–Crippen MR) is 91.5 cm³/mol. The summed E-state index contributed by atoms with van der Waals surface area (Å²) < 4.78 is 11.3. The van der Waals surface area contributed by atoms with Crippen molar-refractivity contribution in [3.05, 3.63) is 29.8 Å². The Balaban J connectivity index is 0.00000192. The minimum Gasteiger partial charge on any atom is -0.491 e. The first-order valence-corrected chi connectivity index (χ1v) is 8.10. The first-order chi connectivity index (χ1) is 10.7. The molecule has 1 aromatic rings. The van der Waals surface area contributed by atoms with Crippen LogP contribution in [0.2, 0.25) is 0 Å². The molecule has 0 bridgehead atoms. The van der Waals surface area contributed by atoms with Gasteiger partial charge in [-0.15, -0.1) is 12.4 Å². The fourth-order valence-corrected chi connectivity index (χ4v) is 2.99. The quantitative estimate of drug-likeness (QED) is 0.912. The Hall–Kier alpha value is -1.30. The smallest absolute Gasteiger partial charge is 0.254 e. The van der Waals surface area contributed by atoms with Gasteiger partial charge in [-0.3, -0.25) is 4.79 Å². The predicted octanol–water partition coefficient (Wildman–Crippen LogP) is 2.10. The molecule has 0 spiro atoms. The maximum absolute atomic E-state index is 12.6. The summed E-state index contributed by atoms with van der Waals surface area (Å²) in [5.41, 5.74) is 0.693. The highest BCUT2D eigenvalue weighted by Crippen LogP contribution is 2.19. The minimum absolute atomic E-state index is 0. The van der Waals surface area contributed by atoms with E-state index in [9.17, 15) is 4.79 Å². The van der Waals surface area contributed by atoms with Crippen molar-refractivity contribution >= 4 is 18.3 Å². The Morgan fingerprint density at radius 1 is 1.48 bits per heavy atom. The van der Waals surface area contributed by atoms with E-state index in [1.165, 1.54) is 0 Å². The van der Waals surface area contributed by atoms with Crippen LogP contribution in [0.5, 0.6) is 5.75 Å². The second kappa shape index (κ2) is 8.52. The van der Waals surface area contributed by atoms with Gasteiger partial charge in [-0.2, -0.15) is 0 Å². The summed E-state index contributed by atoms with van der Waals surface area (Å²) in [6.45, 7) is 5.91. The molecule has 1 unspecified atom stereocenters. The van der Waals surface area contributed by atoms with Crippen LogP contribution < -0.4 is 10.1 Å². The van der Waals surface area contributed by atoms with Crippen molar-refractivity contribution < 1.29 is 14.3 Å². The molecule has 0 saturated carbocycles. The van der Waals surface area contributed by atoms with Crippen LogP contribution in [0.15, 0.2) is 24.3 Å². The summed E-state index contributed by atoms with van der Waals surface area (Å²) >= 11 is 0. The van der Waals surface area contributed by atoms with Gasteiger partial charge in [0, 0.05) is 37.8 Å². The van der Waals surface area contributed by atoms with E-state index in [-0.39, 0.29) is 30.5 Å². The lowest BCUT2D eigenvalue weighted by atomic mass is 10.1.